The molecule has 5 nitrogen and oxygen atoms in total. The van der Waals surface area contributed by atoms with E-state index in [-0.39, 0.29) is 6.04 Å². The van der Waals surface area contributed by atoms with Crippen LogP contribution in [-0.4, -0.2) is 25.9 Å². The van der Waals surface area contributed by atoms with E-state index in [2.05, 4.69) is 56.1 Å². The van der Waals surface area contributed by atoms with Gasteiger partial charge in [-0.05, 0) is 42.7 Å². The molecule has 0 aliphatic carbocycles. The highest BCUT2D eigenvalue weighted by molar-refractivity contribution is 9.10. The Morgan fingerprint density at radius 1 is 1.38 bits per heavy atom. The number of imidazole rings is 1. The molecular weight excluding hydrogens is 330 g/mol. The van der Waals surface area contributed by atoms with Gasteiger partial charge in [-0.1, -0.05) is 6.92 Å². The highest BCUT2D eigenvalue weighted by Crippen LogP contribution is 2.26. The standard InChI is InChI=1S/C15H24BrN5/c1-5-7-17-12(13-9-20(4)10-18-13)8-14-15(16)11(3)19-21(14)6-2/h9-10,12,17H,5-8H2,1-4H3. The smallest absolute Gasteiger partial charge is 0.0947 e. The van der Waals surface area contributed by atoms with Gasteiger partial charge in [-0.15, -0.1) is 0 Å². The van der Waals surface area contributed by atoms with Crippen LogP contribution >= 0.6 is 15.9 Å². The van der Waals surface area contributed by atoms with Gasteiger partial charge in [-0.25, -0.2) is 4.98 Å². The molecule has 0 aliphatic heterocycles. The molecule has 1 unspecified atom stereocenters. The normalized spacial score (nSPS) is 12.8. The molecule has 0 amide bonds. The number of nitrogens with one attached hydrogen (secondary N) is 1. The molecule has 0 saturated carbocycles. The summed E-state index contributed by atoms with van der Waals surface area (Å²) in [7, 11) is 2.00. The molecule has 6 heteroatoms. The lowest BCUT2D eigenvalue weighted by Crippen LogP contribution is -2.25. The molecule has 0 radical (unpaired) electrons. The predicted octanol–water partition coefficient (Wildman–Crippen LogP) is 2.99. The van der Waals surface area contributed by atoms with E-state index < -0.39 is 0 Å². The van der Waals surface area contributed by atoms with Crippen LogP contribution in [0.3, 0.4) is 0 Å². The Morgan fingerprint density at radius 2 is 2.14 bits per heavy atom. The Morgan fingerprint density at radius 3 is 2.71 bits per heavy atom. The largest absolute Gasteiger partial charge is 0.340 e. The average Bonchev–Trinajstić information content (AvgIpc) is 3.01. The third kappa shape index (κ3) is 3.74. The van der Waals surface area contributed by atoms with Crippen LogP contribution in [-0.2, 0) is 20.0 Å². The predicted molar refractivity (Wildman–Crippen MR) is 88.3 cm³/mol. The molecule has 2 aromatic heterocycles. The van der Waals surface area contributed by atoms with E-state index in [9.17, 15) is 0 Å². The molecule has 2 rings (SSSR count). The van der Waals surface area contributed by atoms with Gasteiger partial charge < -0.3 is 9.88 Å². The van der Waals surface area contributed by atoms with Crippen molar-refractivity contribution in [3.63, 3.8) is 0 Å². The number of halogens is 1. The third-order valence-corrected chi connectivity index (χ3v) is 4.60. The van der Waals surface area contributed by atoms with Crippen molar-refractivity contribution in [2.45, 2.75) is 46.2 Å². The lowest BCUT2D eigenvalue weighted by Gasteiger charge is -2.17. The Kier molecular flexibility index (Phi) is 5.58. The van der Waals surface area contributed by atoms with Crippen molar-refractivity contribution in [1.82, 2.24) is 24.6 Å². The topological polar surface area (TPSA) is 47.7 Å². The lowest BCUT2D eigenvalue weighted by atomic mass is 10.1. The molecular formula is C15H24BrN5. The average molecular weight is 354 g/mol. The monoisotopic (exact) mass is 353 g/mol. The van der Waals surface area contributed by atoms with Gasteiger partial charge in [0, 0.05) is 26.2 Å². The summed E-state index contributed by atoms with van der Waals surface area (Å²) < 4.78 is 5.18. The van der Waals surface area contributed by atoms with Crippen LogP contribution in [0.1, 0.15) is 43.4 Å². The number of rotatable bonds is 7. The van der Waals surface area contributed by atoms with E-state index in [1.807, 2.05) is 24.9 Å². The van der Waals surface area contributed by atoms with Gasteiger partial charge in [0.25, 0.3) is 0 Å². The van der Waals surface area contributed by atoms with E-state index in [1.54, 1.807) is 0 Å². The Labute approximate surface area is 134 Å². The van der Waals surface area contributed by atoms with Gasteiger partial charge in [0.15, 0.2) is 0 Å². The zero-order valence-electron chi connectivity index (χ0n) is 13.2. The van der Waals surface area contributed by atoms with Crippen LogP contribution < -0.4 is 5.32 Å². The van der Waals surface area contributed by atoms with Crippen LogP contribution in [0.2, 0.25) is 0 Å². The fourth-order valence-electron chi connectivity index (χ4n) is 2.47. The summed E-state index contributed by atoms with van der Waals surface area (Å²) in [6.45, 7) is 8.20. The zero-order chi connectivity index (χ0) is 15.4. The van der Waals surface area contributed by atoms with E-state index in [1.165, 1.54) is 5.69 Å². The van der Waals surface area contributed by atoms with Crippen molar-refractivity contribution < 1.29 is 0 Å². The van der Waals surface area contributed by atoms with Crippen LogP contribution in [0.25, 0.3) is 0 Å². The van der Waals surface area contributed by atoms with E-state index >= 15 is 0 Å². The van der Waals surface area contributed by atoms with Gasteiger partial charge in [0.05, 0.1) is 33.9 Å². The van der Waals surface area contributed by atoms with Gasteiger partial charge in [-0.3, -0.25) is 4.68 Å². The molecule has 1 atom stereocenters. The van der Waals surface area contributed by atoms with E-state index in [4.69, 9.17) is 0 Å². The Hall–Kier alpha value is -1.14. The minimum absolute atomic E-state index is 0.212. The first-order valence-corrected chi connectivity index (χ1v) is 8.29. The maximum atomic E-state index is 4.58. The summed E-state index contributed by atoms with van der Waals surface area (Å²) >= 11 is 3.68. The van der Waals surface area contributed by atoms with Crippen molar-refractivity contribution in [2.75, 3.05) is 6.54 Å². The first kappa shape index (κ1) is 16.2. The van der Waals surface area contributed by atoms with Crippen molar-refractivity contribution in [1.29, 1.82) is 0 Å². The number of hydrogen-bond acceptors (Lipinski definition) is 3. The van der Waals surface area contributed by atoms with Crippen LogP contribution in [0.5, 0.6) is 0 Å². The summed E-state index contributed by atoms with van der Waals surface area (Å²) in [4.78, 5) is 4.51. The summed E-state index contributed by atoms with van der Waals surface area (Å²) in [5.41, 5.74) is 3.36. The fraction of sp³-hybridized carbons (Fsp3) is 0.600. The molecule has 0 spiro atoms. The molecule has 0 fully saturated rings. The summed E-state index contributed by atoms with van der Waals surface area (Å²) in [5.74, 6) is 0. The highest BCUT2D eigenvalue weighted by Gasteiger charge is 2.20. The van der Waals surface area contributed by atoms with Crippen molar-refractivity contribution in [3.8, 4) is 0 Å². The van der Waals surface area contributed by atoms with Crippen molar-refractivity contribution in [3.05, 3.63) is 34.1 Å². The molecule has 116 valence electrons. The van der Waals surface area contributed by atoms with Gasteiger partial charge in [-0.2, -0.15) is 5.10 Å². The second-order valence-electron chi connectivity index (χ2n) is 5.34. The second kappa shape index (κ2) is 7.22. The maximum Gasteiger partial charge on any atom is 0.0947 e. The number of aryl methyl sites for hydroxylation is 3. The molecule has 2 heterocycles. The highest BCUT2D eigenvalue weighted by atomic mass is 79.9. The second-order valence-corrected chi connectivity index (χ2v) is 6.13. The number of nitrogens with zero attached hydrogens (tertiary/aromatic N) is 4. The molecule has 2 aromatic rings. The van der Waals surface area contributed by atoms with Crippen molar-refractivity contribution >= 4 is 15.9 Å². The zero-order valence-corrected chi connectivity index (χ0v) is 14.8. The summed E-state index contributed by atoms with van der Waals surface area (Å²) in [6.07, 6.45) is 5.93. The molecule has 21 heavy (non-hydrogen) atoms. The van der Waals surface area contributed by atoms with Crippen molar-refractivity contribution in [2.24, 2.45) is 7.05 Å². The van der Waals surface area contributed by atoms with E-state index in [0.29, 0.717) is 0 Å². The number of hydrogen-bond donors (Lipinski definition) is 1. The van der Waals surface area contributed by atoms with Crippen LogP contribution in [0.4, 0.5) is 0 Å². The van der Waals surface area contributed by atoms with Gasteiger partial charge in [0.2, 0.25) is 0 Å². The molecule has 1 N–H and O–H groups in total. The Balaban J connectivity index is 2.26. The van der Waals surface area contributed by atoms with Gasteiger partial charge >= 0.3 is 0 Å². The fourth-order valence-corrected chi connectivity index (χ4v) is 2.92. The maximum absolute atomic E-state index is 4.58. The third-order valence-electron chi connectivity index (χ3n) is 3.57. The first-order valence-electron chi connectivity index (χ1n) is 7.49. The van der Waals surface area contributed by atoms with Gasteiger partial charge in [0.1, 0.15) is 0 Å². The van der Waals surface area contributed by atoms with Crippen LogP contribution in [0.15, 0.2) is 17.0 Å². The molecule has 0 aromatic carbocycles. The van der Waals surface area contributed by atoms with E-state index in [0.717, 1.165) is 41.8 Å². The Bertz CT molecular complexity index is 587. The summed E-state index contributed by atoms with van der Waals surface area (Å²) in [5, 5.41) is 8.17. The molecule has 0 bridgehead atoms. The molecule has 0 aliphatic rings. The minimum Gasteiger partial charge on any atom is -0.340 e. The lowest BCUT2D eigenvalue weighted by molar-refractivity contribution is 0.494. The first-order chi connectivity index (χ1) is 10.1. The minimum atomic E-state index is 0.212. The quantitative estimate of drug-likeness (QED) is 0.832. The number of aromatic nitrogens is 4. The summed E-state index contributed by atoms with van der Waals surface area (Å²) in [6, 6.07) is 0.212. The SMILES string of the molecule is CCCNC(Cc1c(Br)c(C)nn1CC)c1cn(C)cn1. The van der Waals surface area contributed by atoms with Crippen LogP contribution in [0, 0.1) is 6.92 Å². The molecule has 0 saturated heterocycles.